The summed E-state index contributed by atoms with van der Waals surface area (Å²) >= 11 is 0. The molecule has 1 atom stereocenters. The average Bonchev–Trinajstić information content (AvgIpc) is 3.06. The molecule has 3 N–H and O–H groups in total. The van der Waals surface area contributed by atoms with Gasteiger partial charge in [0.25, 0.3) is 0 Å². The van der Waals surface area contributed by atoms with E-state index in [2.05, 4.69) is 10.6 Å². The zero-order chi connectivity index (χ0) is 21.8. The van der Waals surface area contributed by atoms with E-state index in [1.165, 1.54) is 0 Å². The fourth-order valence-corrected chi connectivity index (χ4v) is 3.94. The van der Waals surface area contributed by atoms with Gasteiger partial charge in [-0.05, 0) is 28.7 Å². The Morgan fingerprint density at radius 1 is 1.03 bits per heavy atom. The summed E-state index contributed by atoms with van der Waals surface area (Å²) in [6, 6.07) is 14.9. The summed E-state index contributed by atoms with van der Waals surface area (Å²) in [5, 5.41) is 14.2. The van der Waals surface area contributed by atoms with Gasteiger partial charge in [-0.25, -0.2) is 4.79 Å². The van der Waals surface area contributed by atoms with Gasteiger partial charge in [-0.2, -0.15) is 0 Å². The van der Waals surface area contributed by atoms with Crippen LogP contribution in [0, 0.1) is 0 Å². The lowest BCUT2D eigenvalue weighted by Crippen LogP contribution is -2.55. The Balaban J connectivity index is 1.40. The molecule has 2 aromatic rings. The van der Waals surface area contributed by atoms with E-state index in [9.17, 15) is 14.4 Å². The maximum atomic E-state index is 12.5. The molecule has 162 valence electrons. The highest BCUT2D eigenvalue weighted by Gasteiger charge is 2.30. The molecule has 1 aliphatic carbocycles. The lowest BCUT2D eigenvalue weighted by atomic mass is 9.98. The third-order valence-corrected chi connectivity index (χ3v) is 5.58. The van der Waals surface area contributed by atoms with Crippen LogP contribution in [0.15, 0.2) is 48.5 Å². The maximum Gasteiger partial charge on any atom is 0.407 e. The number of hydrogen-bond acceptors (Lipinski definition) is 5. The average molecular weight is 424 g/mol. The minimum Gasteiger partial charge on any atom is -0.481 e. The van der Waals surface area contributed by atoms with E-state index in [1.54, 1.807) is 0 Å². The van der Waals surface area contributed by atoms with Gasteiger partial charge in [-0.1, -0.05) is 48.5 Å². The number of alkyl carbamates (subject to hydrolysis) is 1. The number of carboxylic acids is 1. The van der Waals surface area contributed by atoms with Crippen molar-refractivity contribution in [3.8, 4) is 11.1 Å². The SMILES string of the molecule is O=C(O)CCC(NC(=O)OCC1c2ccccc2-c2ccccc21)C(=O)NC1COC1. The molecule has 0 spiro atoms. The number of aliphatic carboxylic acids is 1. The number of carbonyl (C=O) groups is 3. The van der Waals surface area contributed by atoms with E-state index < -0.39 is 24.0 Å². The second-order valence-corrected chi connectivity index (χ2v) is 7.70. The molecule has 0 radical (unpaired) electrons. The molecule has 1 fully saturated rings. The van der Waals surface area contributed by atoms with Crippen molar-refractivity contribution in [2.24, 2.45) is 0 Å². The van der Waals surface area contributed by atoms with Gasteiger partial charge >= 0.3 is 12.1 Å². The van der Waals surface area contributed by atoms with Crippen molar-refractivity contribution in [1.82, 2.24) is 10.6 Å². The number of nitrogens with one attached hydrogen (secondary N) is 2. The van der Waals surface area contributed by atoms with Gasteiger partial charge in [-0.3, -0.25) is 9.59 Å². The van der Waals surface area contributed by atoms with Crippen molar-refractivity contribution >= 4 is 18.0 Å². The minimum atomic E-state index is -1.04. The minimum absolute atomic E-state index is 0.0288. The monoisotopic (exact) mass is 424 g/mol. The summed E-state index contributed by atoms with van der Waals surface area (Å²) in [5.41, 5.74) is 4.41. The fourth-order valence-electron chi connectivity index (χ4n) is 3.94. The van der Waals surface area contributed by atoms with E-state index in [0.717, 1.165) is 22.3 Å². The first kappa shape index (κ1) is 20.9. The molecular formula is C23H24N2O6. The topological polar surface area (TPSA) is 114 Å². The fraction of sp³-hybridized carbons (Fsp3) is 0.348. The molecule has 8 nitrogen and oxygen atoms in total. The van der Waals surface area contributed by atoms with Gasteiger partial charge in [-0.15, -0.1) is 0 Å². The zero-order valence-electron chi connectivity index (χ0n) is 16.9. The third-order valence-electron chi connectivity index (χ3n) is 5.58. The van der Waals surface area contributed by atoms with Gasteiger partial charge in [0.1, 0.15) is 12.6 Å². The number of ether oxygens (including phenoxy) is 2. The van der Waals surface area contributed by atoms with Gasteiger partial charge in [0.05, 0.1) is 19.3 Å². The Labute approximate surface area is 179 Å². The predicted molar refractivity (Wildman–Crippen MR) is 112 cm³/mol. The van der Waals surface area contributed by atoms with Crippen LogP contribution >= 0.6 is 0 Å². The summed E-state index contributed by atoms with van der Waals surface area (Å²) < 4.78 is 10.5. The standard InChI is InChI=1S/C23H24N2O6/c26-21(27)10-9-20(22(28)24-14-11-30-12-14)25-23(29)31-13-19-17-7-3-1-5-15(17)16-6-2-4-8-18(16)19/h1-8,14,19-20H,9-13H2,(H,24,28)(H,25,29)(H,26,27). The molecule has 1 heterocycles. The Morgan fingerprint density at radius 2 is 1.65 bits per heavy atom. The van der Waals surface area contributed by atoms with Crippen LogP contribution < -0.4 is 10.6 Å². The number of fused-ring (bicyclic) bond motifs is 3. The molecule has 0 aromatic heterocycles. The van der Waals surface area contributed by atoms with E-state index in [0.29, 0.717) is 13.2 Å². The predicted octanol–water partition coefficient (Wildman–Crippen LogP) is 2.27. The van der Waals surface area contributed by atoms with Crippen LogP contribution in [0.4, 0.5) is 4.79 Å². The number of carbonyl (C=O) groups excluding carboxylic acids is 2. The van der Waals surface area contributed by atoms with Crippen LogP contribution in [-0.2, 0) is 19.1 Å². The molecule has 2 aromatic carbocycles. The van der Waals surface area contributed by atoms with Crippen LogP contribution in [0.25, 0.3) is 11.1 Å². The van der Waals surface area contributed by atoms with Crippen molar-refractivity contribution in [2.45, 2.75) is 30.8 Å². The Hall–Kier alpha value is -3.39. The van der Waals surface area contributed by atoms with Crippen molar-refractivity contribution in [3.05, 3.63) is 59.7 Å². The highest BCUT2D eigenvalue weighted by Crippen LogP contribution is 2.44. The van der Waals surface area contributed by atoms with Crippen LogP contribution in [-0.4, -0.2) is 55.0 Å². The molecule has 31 heavy (non-hydrogen) atoms. The molecule has 2 aliphatic rings. The molecule has 0 bridgehead atoms. The Bertz CT molecular complexity index is 942. The highest BCUT2D eigenvalue weighted by molar-refractivity contribution is 5.86. The largest absolute Gasteiger partial charge is 0.481 e. The summed E-state index contributed by atoms with van der Waals surface area (Å²) in [7, 11) is 0. The maximum absolute atomic E-state index is 12.5. The first-order chi connectivity index (χ1) is 15.0. The van der Waals surface area contributed by atoms with E-state index in [4.69, 9.17) is 14.6 Å². The Kier molecular flexibility index (Phi) is 6.18. The van der Waals surface area contributed by atoms with Gasteiger partial charge in [0.15, 0.2) is 0 Å². The number of hydrogen-bond donors (Lipinski definition) is 3. The van der Waals surface area contributed by atoms with Crippen LogP contribution in [0.1, 0.15) is 29.9 Å². The summed E-state index contributed by atoms with van der Waals surface area (Å²) in [6.45, 7) is 0.925. The first-order valence-electron chi connectivity index (χ1n) is 10.2. The van der Waals surface area contributed by atoms with Crippen LogP contribution in [0.2, 0.25) is 0 Å². The quantitative estimate of drug-likeness (QED) is 0.599. The van der Waals surface area contributed by atoms with E-state index >= 15 is 0 Å². The molecule has 1 saturated heterocycles. The molecule has 2 amide bonds. The second kappa shape index (κ2) is 9.18. The molecule has 4 rings (SSSR count). The molecule has 1 unspecified atom stereocenters. The summed E-state index contributed by atoms with van der Waals surface area (Å²) in [4.78, 5) is 35.9. The van der Waals surface area contributed by atoms with Crippen molar-refractivity contribution in [2.75, 3.05) is 19.8 Å². The number of benzene rings is 2. The van der Waals surface area contributed by atoms with E-state index in [-0.39, 0.29) is 31.4 Å². The van der Waals surface area contributed by atoms with Crippen molar-refractivity contribution in [3.63, 3.8) is 0 Å². The Morgan fingerprint density at radius 3 is 2.19 bits per heavy atom. The molecular weight excluding hydrogens is 400 g/mol. The summed E-state index contributed by atoms with van der Waals surface area (Å²) in [5.74, 6) is -1.58. The second-order valence-electron chi connectivity index (χ2n) is 7.70. The lowest BCUT2D eigenvalue weighted by Gasteiger charge is -2.29. The number of carboxylic acid groups (broad SMARTS) is 1. The summed E-state index contributed by atoms with van der Waals surface area (Å²) in [6.07, 6.45) is -1.03. The van der Waals surface area contributed by atoms with Gasteiger partial charge < -0.3 is 25.2 Å². The van der Waals surface area contributed by atoms with Gasteiger partial charge in [0, 0.05) is 12.3 Å². The first-order valence-corrected chi connectivity index (χ1v) is 10.2. The number of amides is 2. The van der Waals surface area contributed by atoms with E-state index in [1.807, 2.05) is 48.5 Å². The normalized spacial score (nSPS) is 15.9. The number of rotatable bonds is 8. The van der Waals surface area contributed by atoms with Crippen LogP contribution in [0.3, 0.4) is 0 Å². The molecule has 0 saturated carbocycles. The molecule has 1 aliphatic heterocycles. The van der Waals surface area contributed by atoms with Crippen molar-refractivity contribution < 1.29 is 29.0 Å². The smallest absolute Gasteiger partial charge is 0.407 e. The molecule has 8 heteroatoms. The van der Waals surface area contributed by atoms with Crippen LogP contribution in [0.5, 0.6) is 0 Å². The lowest BCUT2D eigenvalue weighted by molar-refractivity contribution is -0.137. The zero-order valence-corrected chi connectivity index (χ0v) is 16.9. The third kappa shape index (κ3) is 4.69. The van der Waals surface area contributed by atoms with Gasteiger partial charge in [0.2, 0.25) is 5.91 Å². The van der Waals surface area contributed by atoms with Crippen molar-refractivity contribution in [1.29, 1.82) is 0 Å². The highest BCUT2D eigenvalue weighted by atomic mass is 16.5.